The number of ketones is 1. The molecule has 5 aromatic rings. The second-order valence-corrected chi connectivity index (χ2v) is 9.31. The lowest BCUT2D eigenvalue weighted by Crippen LogP contribution is -2.05. The quantitative estimate of drug-likeness (QED) is 0.175. The molecule has 0 N–H and O–H groups in total. The van der Waals surface area contributed by atoms with Crippen LogP contribution in [0.4, 0.5) is 0 Å². The monoisotopic (exact) mass is 491 g/mol. The van der Waals surface area contributed by atoms with Gasteiger partial charge in [0.25, 0.3) is 0 Å². The van der Waals surface area contributed by atoms with E-state index in [0.717, 1.165) is 39.5 Å². The zero-order chi connectivity index (χ0) is 24.9. The van der Waals surface area contributed by atoms with Crippen LogP contribution < -0.4 is 4.74 Å². The molecular weight excluding hydrogens is 466 g/mol. The molecule has 0 aliphatic rings. The molecule has 0 bridgehead atoms. The van der Waals surface area contributed by atoms with Crippen LogP contribution in [0.2, 0.25) is 0 Å². The van der Waals surface area contributed by atoms with E-state index in [0.29, 0.717) is 10.7 Å². The lowest BCUT2D eigenvalue weighted by Gasteiger charge is -2.11. The van der Waals surface area contributed by atoms with E-state index in [1.54, 1.807) is 7.11 Å². The maximum absolute atomic E-state index is 13.0. The zero-order valence-corrected chi connectivity index (χ0v) is 20.9. The van der Waals surface area contributed by atoms with Crippen molar-refractivity contribution in [2.75, 3.05) is 12.9 Å². The third kappa shape index (κ3) is 5.09. The fraction of sp³-hybridized carbons (Fsp3) is 0.100. The van der Waals surface area contributed by atoms with Gasteiger partial charge in [-0.25, -0.2) is 0 Å². The molecule has 0 saturated carbocycles. The largest absolute Gasteiger partial charge is 0.497 e. The summed E-state index contributed by atoms with van der Waals surface area (Å²) in [6.45, 7) is 2.05. The Labute approximate surface area is 214 Å². The minimum Gasteiger partial charge on any atom is -0.497 e. The van der Waals surface area contributed by atoms with Crippen LogP contribution in [0.15, 0.2) is 108 Å². The predicted molar refractivity (Wildman–Crippen MR) is 145 cm³/mol. The van der Waals surface area contributed by atoms with Crippen molar-refractivity contribution in [3.8, 4) is 34.0 Å². The Morgan fingerprint density at radius 3 is 2.19 bits per heavy atom. The van der Waals surface area contributed by atoms with Crippen LogP contribution >= 0.6 is 11.8 Å². The first kappa shape index (κ1) is 23.6. The van der Waals surface area contributed by atoms with Gasteiger partial charge in [0.15, 0.2) is 16.8 Å². The van der Waals surface area contributed by atoms with Gasteiger partial charge in [0.1, 0.15) is 5.75 Å². The SMILES string of the molecule is COc1ccc(-n2c(SCC(=O)c3ccc(-c4ccccc4)cc3)nnc2-c2cccc(C)c2)cc1. The Morgan fingerprint density at radius 1 is 0.806 bits per heavy atom. The van der Waals surface area contributed by atoms with Crippen LogP contribution in [-0.4, -0.2) is 33.4 Å². The van der Waals surface area contributed by atoms with E-state index in [1.165, 1.54) is 11.8 Å². The van der Waals surface area contributed by atoms with Crippen molar-refractivity contribution in [1.82, 2.24) is 14.8 Å². The van der Waals surface area contributed by atoms with Gasteiger partial charge in [0.2, 0.25) is 0 Å². The van der Waals surface area contributed by atoms with Gasteiger partial charge in [-0.15, -0.1) is 10.2 Å². The van der Waals surface area contributed by atoms with Gasteiger partial charge in [-0.2, -0.15) is 0 Å². The zero-order valence-electron chi connectivity index (χ0n) is 20.1. The summed E-state index contributed by atoms with van der Waals surface area (Å²) < 4.78 is 7.31. The number of benzene rings is 4. The summed E-state index contributed by atoms with van der Waals surface area (Å²) in [6.07, 6.45) is 0. The van der Waals surface area contributed by atoms with E-state index >= 15 is 0 Å². The molecule has 0 aliphatic carbocycles. The molecule has 0 spiro atoms. The Morgan fingerprint density at radius 2 is 1.50 bits per heavy atom. The van der Waals surface area contributed by atoms with Crippen molar-refractivity contribution in [3.05, 3.63) is 114 Å². The number of thioether (sulfide) groups is 1. The molecule has 0 radical (unpaired) electrons. The van der Waals surface area contributed by atoms with Gasteiger partial charge in [0.05, 0.1) is 12.9 Å². The summed E-state index contributed by atoms with van der Waals surface area (Å²) in [5, 5.41) is 9.60. The number of rotatable bonds is 8. The first-order valence-corrected chi connectivity index (χ1v) is 12.6. The Balaban J connectivity index is 1.40. The first-order valence-electron chi connectivity index (χ1n) is 11.6. The molecule has 5 nitrogen and oxygen atoms in total. The maximum Gasteiger partial charge on any atom is 0.196 e. The summed E-state index contributed by atoms with van der Waals surface area (Å²) >= 11 is 1.38. The topological polar surface area (TPSA) is 57.0 Å². The van der Waals surface area contributed by atoms with Crippen molar-refractivity contribution in [3.63, 3.8) is 0 Å². The first-order chi connectivity index (χ1) is 17.6. The van der Waals surface area contributed by atoms with Gasteiger partial charge in [-0.3, -0.25) is 9.36 Å². The predicted octanol–water partition coefficient (Wildman–Crippen LogP) is 6.89. The number of carbonyl (C=O) groups excluding carboxylic acids is 1. The van der Waals surface area contributed by atoms with E-state index in [9.17, 15) is 4.79 Å². The van der Waals surface area contributed by atoms with Crippen LogP contribution in [0.3, 0.4) is 0 Å². The Hall–Kier alpha value is -4.16. The molecule has 1 aromatic heterocycles. The van der Waals surface area contributed by atoms with Crippen LogP contribution in [0.25, 0.3) is 28.2 Å². The number of hydrogen-bond acceptors (Lipinski definition) is 5. The molecular formula is C30H25N3O2S. The minimum atomic E-state index is 0.0426. The lowest BCUT2D eigenvalue weighted by atomic mass is 10.0. The highest BCUT2D eigenvalue weighted by atomic mass is 32.2. The molecule has 178 valence electrons. The van der Waals surface area contributed by atoms with Crippen molar-refractivity contribution < 1.29 is 9.53 Å². The number of Topliss-reactive ketones (excluding diaryl/α,β-unsaturated/α-hetero) is 1. The number of nitrogens with zero attached hydrogens (tertiary/aromatic N) is 3. The fourth-order valence-corrected chi connectivity index (χ4v) is 4.84. The van der Waals surface area contributed by atoms with Crippen LogP contribution in [0, 0.1) is 6.92 Å². The smallest absolute Gasteiger partial charge is 0.196 e. The normalized spacial score (nSPS) is 10.8. The third-order valence-electron chi connectivity index (χ3n) is 5.89. The molecule has 0 atom stereocenters. The van der Waals surface area contributed by atoms with Crippen LogP contribution in [0.5, 0.6) is 5.75 Å². The van der Waals surface area contributed by atoms with Crippen molar-refractivity contribution in [1.29, 1.82) is 0 Å². The molecule has 0 fully saturated rings. The van der Waals surface area contributed by atoms with E-state index < -0.39 is 0 Å². The number of methoxy groups -OCH3 is 1. The number of aryl methyl sites for hydroxylation is 1. The summed E-state index contributed by atoms with van der Waals surface area (Å²) in [7, 11) is 1.64. The molecule has 1 heterocycles. The molecule has 0 saturated heterocycles. The van der Waals surface area contributed by atoms with E-state index in [-0.39, 0.29) is 11.5 Å². The van der Waals surface area contributed by atoms with Crippen LogP contribution in [0.1, 0.15) is 15.9 Å². The number of aromatic nitrogens is 3. The third-order valence-corrected chi connectivity index (χ3v) is 6.82. The standard InChI is InChI=1S/C30H25N3O2S/c1-21-7-6-10-25(19-21)29-31-32-30(33(29)26-15-17-27(35-2)18-16-26)36-20-28(34)24-13-11-23(12-14-24)22-8-4-3-5-9-22/h3-19H,20H2,1-2H3. The highest BCUT2D eigenvalue weighted by molar-refractivity contribution is 7.99. The van der Waals surface area contributed by atoms with Gasteiger partial charge in [0, 0.05) is 16.8 Å². The van der Waals surface area contributed by atoms with Crippen molar-refractivity contribution in [2.24, 2.45) is 0 Å². The Bertz CT molecular complexity index is 1480. The average Bonchev–Trinajstić information content (AvgIpc) is 3.36. The van der Waals surface area contributed by atoms with Crippen LogP contribution in [-0.2, 0) is 0 Å². The fourth-order valence-electron chi connectivity index (χ4n) is 3.99. The number of ether oxygens (including phenoxy) is 1. The molecule has 4 aromatic carbocycles. The summed E-state index contributed by atoms with van der Waals surface area (Å²) in [5.41, 5.74) is 5.90. The highest BCUT2D eigenvalue weighted by Crippen LogP contribution is 2.30. The molecule has 0 aliphatic heterocycles. The Kier molecular flexibility index (Phi) is 6.96. The van der Waals surface area contributed by atoms with E-state index in [2.05, 4.69) is 41.4 Å². The minimum absolute atomic E-state index is 0.0426. The summed E-state index contributed by atoms with van der Waals surface area (Å²) in [5.74, 6) is 1.80. The number of carbonyl (C=O) groups is 1. The molecule has 36 heavy (non-hydrogen) atoms. The lowest BCUT2D eigenvalue weighted by molar-refractivity contribution is 0.102. The maximum atomic E-state index is 13.0. The summed E-state index contributed by atoms with van der Waals surface area (Å²) in [4.78, 5) is 13.0. The number of hydrogen-bond donors (Lipinski definition) is 0. The highest BCUT2D eigenvalue weighted by Gasteiger charge is 2.18. The second kappa shape index (κ2) is 10.6. The van der Waals surface area contributed by atoms with E-state index in [1.807, 2.05) is 83.4 Å². The van der Waals surface area contributed by atoms with Gasteiger partial charge in [-0.05, 0) is 48.4 Å². The molecule has 0 amide bonds. The molecule has 6 heteroatoms. The van der Waals surface area contributed by atoms with Crippen molar-refractivity contribution >= 4 is 17.5 Å². The van der Waals surface area contributed by atoms with Gasteiger partial charge in [-0.1, -0.05) is 90.1 Å². The average molecular weight is 492 g/mol. The van der Waals surface area contributed by atoms with Gasteiger partial charge >= 0.3 is 0 Å². The van der Waals surface area contributed by atoms with Gasteiger partial charge < -0.3 is 4.74 Å². The second-order valence-electron chi connectivity index (χ2n) is 8.36. The molecule has 5 rings (SSSR count). The van der Waals surface area contributed by atoms with Crippen molar-refractivity contribution in [2.45, 2.75) is 12.1 Å². The summed E-state index contributed by atoms with van der Waals surface area (Å²) in [6, 6.07) is 33.8. The molecule has 0 unspecified atom stereocenters. The van der Waals surface area contributed by atoms with E-state index in [4.69, 9.17) is 4.74 Å².